The number of aromatic nitrogens is 3. The lowest BCUT2D eigenvalue weighted by Gasteiger charge is -2.15. The number of aliphatic hydroxyl groups excluding tert-OH is 1. The molecule has 0 aliphatic carbocycles. The monoisotopic (exact) mass is 485 g/mol. The molecular weight excluding hydrogens is 462 g/mol. The van der Waals surface area contributed by atoms with E-state index in [-0.39, 0.29) is 6.61 Å². The number of aliphatic hydroxyl groups is 1. The lowest BCUT2D eigenvalue weighted by molar-refractivity contribution is -0.689. The first-order valence-electron chi connectivity index (χ1n) is 8.44. The Morgan fingerprint density at radius 1 is 1.30 bits per heavy atom. The summed E-state index contributed by atoms with van der Waals surface area (Å²) in [6.07, 6.45) is 0.524. The number of hydrogen-bond donors (Lipinski definition) is 5. The van der Waals surface area contributed by atoms with Crippen molar-refractivity contribution in [3.05, 3.63) is 33.7 Å². The van der Waals surface area contributed by atoms with Crippen LogP contribution in [-0.2, 0) is 35.7 Å². The van der Waals surface area contributed by atoms with Crippen LogP contribution in [0.3, 0.4) is 0 Å². The van der Waals surface area contributed by atoms with E-state index < -0.39 is 28.5 Å². The molecule has 0 aliphatic heterocycles. The summed E-state index contributed by atoms with van der Waals surface area (Å²) < 4.78 is 36.8. The van der Waals surface area contributed by atoms with Gasteiger partial charge in [0.2, 0.25) is 5.51 Å². The first kappa shape index (κ1) is 25.0. The molecule has 0 saturated heterocycles. The Kier molecular flexibility index (Phi) is 8.60. The summed E-state index contributed by atoms with van der Waals surface area (Å²) >= 11 is 1.48. The summed E-state index contributed by atoms with van der Waals surface area (Å²) in [7, 11) is -10.2. The zero-order valence-corrected chi connectivity index (χ0v) is 18.7. The van der Waals surface area contributed by atoms with Gasteiger partial charge in [-0.25, -0.2) is 19.1 Å². The molecule has 13 nitrogen and oxygen atoms in total. The smallest absolute Gasteiger partial charge is 0.383 e. The van der Waals surface area contributed by atoms with Crippen LogP contribution < -0.4 is 10.3 Å². The minimum absolute atomic E-state index is 0.0662. The predicted molar refractivity (Wildman–Crippen MR) is 104 cm³/mol. The van der Waals surface area contributed by atoms with E-state index in [0.29, 0.717) is 24.6 Å². The molecule has 16 heteroatoms. The normalized spacial score (nSPS) is 15.1. The van der Waals surface area contributed by atoms with E-state index in [2.05, 4.69) is 18.8 Å². The maximum Gasteiger partial charge on any atom is 0.481 e. The number of nitrogens with two attached hydrogens (primary N) is 1. The molecule has 0 amide bonds. The largest absolute Gasteiger partial charge is 0.481 e. The standard InChI is InChI=1S/C14H22N4O9P2S/c1-9-12(30-8-18(9)6-11-5-16-10(2)17-14(11)15)3-4-25-13(19)7-26-29(23,24)27-28(20,21)22/h5,8,13,19H,3-4,6-7H2,1-2H3,(H4-,15,16,17,20,21,22,23,24)/p+1. The summed E-state index contributed by atoms with van der Waals surface area (Å²) in [5, 5.41) is 9.65. The van der Waals surface area contributed by atoms with Crippen LogP contribution in [0.1, 0.15) is 22.0 Å². The quantitative estimate of drug-likeness (QED) is 0.165. The van der Waals surface area contributed by atoms with Crippen molar-refractivity contribution in [3.63, 3.8) is 0 Å². The van der Waals surface area contributed by atoms with Crippen LogP contribution in [0.4, 0.5) is 5.82 Å². The number of phosphoric ester groups is 1. The van der Waals surface area contributed by atoms with Gasteiger partial charge >= 0.3 is 15.6 Å². The highest BCUT2D eigenvalue weighted by atomic mass is 32.1. The van der Waals surface area contributed by atoms with Gasteiger partial charge in [0.05, 0.1) is 17.0 Å². The van der Waals surface area contributed by atoms with Crippen LogP contribution in [0, 0.1) is 13.8 Å². The summed E-state index contributed by atoms with van der Waals surface area (Å²) in [6, 6.07) is 0. The summed E-state index contributed by atoms with van der Waals surface area (Å²) in [6.45, 7) is 3.42. The van der Waals surface area contributed by atoms with Crippen LogP contribution in [0.15, 0.2) is 11.7 Å². The zero-order chi connectivity index (χ0) is 22.5. The van der Waals surface area contributed by atoms with Gasteiger partial charge < -0.3 is 30.3 Å². The van der Waals surface area contributed by atoms with Gasteiger partial charge in [-0.2, -0.15) is 8.88 Å². The van der Waals surface area contributed by atoms with Gasteiger partial charge in [-0.1, -0.05) is 11.3 Å². The molecule has 168 valence electrons. The number of ether oxygens (including phenoxy) is 1. The molecular formula is C14H23N4O9P2S+. The van der Waals surface area contributed by atoms with Gasteiger partial charge in [0.1, 0.15) is 18.2 Å². The lowest BCUT2D eigenvalue weighted by Crippen LogP contribution is -2.35. The maximum absolute atomic E-state index is 11.3. The van der Waals surface area contributed by atoms with Crippen molar-refractivity contribution in [1.82, 2.24) is 9.97 Å². The van der Waals surface area contributed by atoms with E-state index in [1.165, 1.54) is 11.3 Å². The topological polar surface area (TPSA) is 198 Å². The van der Waals surface area contributed by atoms with Gasteiger partial charge in [0.15, 0.2) is 18.5 Å². The number of rotatable bonds is 11. The lowest BCUT2D eigenvalue weighted by atomic mass is 10.2. The van der Waals surface area contributed by atoms with Crippen LogP contribution in [0.5, 0.6) is 0 Å². The van der Waals surface area contributed by atoms with Crippen molar-refractivity contribution in [2.24, 2.45) is 0 Å². The molecule has 6 N–H and O–H groups in total. The van der Waals surface area contributed by atoms with Crippen LogP contribution >= 0.6 is 27.0 Å². The number of hydrogen-bond acceptors (Lipinski definition) is 10. The molecule has 2 rings (SSSR count). The van der Waals surface area contributed by atoms with Crippen molar-refractivity contribution >= 4 is 32.8 Å². The van der Waals surface area contributed by atoms with E-state index in [0.717, 1.165) is 16.1 Å². The van der Waals surface area contributed by atoms with E-state index >= 15 is 0 Å². The van der Waals surface area contributed by atoms with Crippen LogP contribution in [0.2, 0.25) is 0 Å². The Morgan fingerprint density at radius 3 is 2.63 bits per heavy atom. The average Bonchev–Trinajstić information content (AvgIpc) is 2.94. The number of phosphoric acid groups is 2. The van der Waals surface area contributed by atoms with Gasteiger partial charge in [-0.3, -0.25) is 4.52 Å². The third-order valence-electron chi connectivity index (χ3n) is 3.74. The second-order valence-corrected chi connectivity index (χ2v) is 9.87. The average molecular weight is 485 g/mol. The van der Waals surface area contributed by atoms with Crippen molar-refractivity contribution in [3.8, 4) is 0 Å². The highest BCUT2D eigenvalue weighted by Crippen LogP contribution is 2.57. The summed E-state index contributed by atoms with van der Waals surface area (Å²) in [5.74, 6) is 1.01. The second-order valence-electron chi connectivity index (χ2n) is 6.10. The van der Waals surface area contributed by atoms with Crippen molar-refractivity contribution in [2.75, 3.05) is 18.9 Å². The van der Waals surface area contributed by atoms with Crippen LogP contribution in [-0.4, -0.2) is 49.3 Å². The molecule has 2 aromatic rings. The molecule has 2 atom stereocenters. The Balaban J connectivity index is 1.83. The second kappa shape index (κ2) is 10.3. The SMILES string of the molecule is Cc1ncc(C[n+]2csc(CCOC(O)COP(=O)(O)OP(=O)(O)O)c2C)c(N)n1. The van der Waals surface area contributed by atoms with Crippen molar-refractivity contribution in [1.29, 1.82) is 0 Å². The van der Waals surface area contributed by atoms with Gasteiger partial charge in [-0.15, -0.1) is 0 Å². The molecule has 0 bridgehead atoms. The number of aryl methyl sites for hydroxylation is 1. The number of nitrogens with zero attached hydrogens (tertiary/aromatic N) is 3. The highest BCUT2D eigenvalue weighted by Gasteiger charge is 2.33. The summed E-state index contributed by atoms with van der Waals surface area (Å²) in [4.78, 5) is 35.4. The molecule has 30 heavy (non-hydrogen) atoms. The fourth-order valence-electron chi connectivity index (χ4n) is 2.32. The third kappa shape index (κ3) is 8.08. The molecule has 0 fully saturated rings. The third-order valence-corrected chi connectivity index (χ3v) is 7.04. The molecule has 2 unspecified atom stereocenters. The Hall–Kier alpha value is -1.31. The maximum atomic E-state index is 11.3. The Bertz CT molecular complexity index is 967. The summed E-state index contributed by atoms with van der Waals surface area (Å²) in [5.41, 5.74) is 9.58. The Labute approximate surface area is 176 Å². The number of nitrogen functional groups attached to an aromatic ring is 1. The fourth-order valence-corrected chi connectivity index (χ4v) is 4.87. The minimum atomic E-state index is -5.22. The minimum Gasteiger partial charge on any atom is -0.383 e. The first-order chi connectivity index (χ1) is 13.9. The van der Waals surface area contributed by atoms with E-state index in [1.54, 1.807) is 13.1 Å². The molecule has 2 aromatic heterocycles. The van der Waals surface area contributed by atoms with Gasteiger partial charge in [0.25, 0.3) is 0 Å². The first-order valence-corrected chi connectivity index (χ1v) is 12.3. The fraction of sp³-hybridized carbons (Fsp3) is 0.500. The highest BCUT2D eigenvalue weighted by molar-refractivity contribution is 7.60. The van der Waals surface area contributed by atoms with E-state index in [1.807, 2.05) is 17.0 Å². The molecule has 0 radical (unpaired) electrons. The molecule has 0 aromatic carbocycles. The zero-order valence-electron chi connectivity index (χ0n) is 16.1. The molecule has 2 heterocycles. The van der Waals surface area contributed by atoms with Gasteiger partial charge in [0, 0.05) is 19.5 Å². The Morgan fingerprint density at radius 2 is 2.00 bits per heavy atom. The van der Waals surface area contributed by atoms with Crippen LogP contribution in [0.25, 0.3) is 0 Å². The number of anilines is 1. The van der Waals surface area contributed by atoms with E-state index in [4.69, 9.17) is 25.2 Å². The predicted octanol–water partition coefficient (Wildman–Crippen LogP) is 0.177. The van der Waals surface area contributed by atoms with Crippen molar-refractivity contribution in [2.45, 2.75) is 33.1 Å². The van der Waals surface area contributed by atoms with Crippen molar-refractivity contribution < 1.29 is 47.1 Å². The number of thiazole rings is 1. The van der Waals surface area contributed by atoms with E-state index in [9.17, 15) is 14.2 Å². The molecule has 0 saturated carbocycles. The molecule has 0 spiro atoms. The molecule has 0 aliphatic rings. The van der Waals surface area contributed by atoms with Gasteiger partial charge in [-0.05, 0) is 6.92 Å².